The average molecular weight is 457 g/mol. The van der Waals surface area contributed by atoms with E-state index in [2.05, 4.69) is 26.2 Å². The van der Waals surface area contributed by atoms with Crippen LogP contribution in [0.4, 0.5) is 0 Å². The summed E-state index contributed by atoms with van der Waals surface area (Å²) >= 11 is 9.11. The monoisotopic (exact) mass is 455 g/mol. The van der Waals surface area contributed by atoms with E-state index in [4.69, 9.17) is 20.8 Å². The number of halogens is 2. The first-order valence-electron chi connectivity index (χ1n) is 7.92. The van der Waals surface area contributed by atoms with Crippen LogP contribution in [-0.4, -0.2) is 39.7 Å². The van der Waals surface area contributed by atoms with Gasteiger partial charge in [-0.25, -0.2) is 4.98 Å². The maximum absolute atomic E-state index is 11.9. The number of carbonyl (C=O) groups excluding carboxylic acids is 2. The summed E-state index contributed by atoms with van der Waals surface area (Å²) in [5, 5.41) is 12.2. The van der Waals surface area contributed by atoms with Gasteiger partial charge in [0.1, 0.15) is 19.0 Å². The number of carbonyl (C=O) groups is 2. The van der Waals surface area contributed by atoms with Crippen molar-refractivity contribution in [2.45, 2.75) is 13.2 Å². The van der Waals surface area contributed by atoms with E-state index < -0.39 is 11.9 Å². The Hall–Kier alpha value is -2.36. The number of imidazole rings is 1. The van der Waals surface area contributed by atoms with Crippen LogP contribution < -0.4 is 5.32 Å². The van der Waals surface area contributed by atoms with E-state index in [1.54, 1.807) is 28.8 Å². The number of aromatic nitrogens is 2. The summed E-state index contributed by atoms with van der Waals surface area (Å²) in [6.45, 7) is -0.238. The zero-order chi connectivity index (χ0) is 19.4. The molecule has 0 atom stereocenters. The molecule has 8 nitrogen and oxygen atoms in total. The highest BCUT2D eigenvalue weighted by atomic mass is 79.9. The van der Waals surface area contributed by atoms with Gasteiger partial charge < -0.3 is 24.1 Å². The maximum Gasteiger partial charge on any atom is 0.325 e. The summed E-state index contributed by atoms with van der Waals surface area (Å²) in [4.78, 5) is 28.1. The normalized spacial score (nSPS) is 10.9. The zero-order valence-electron chi connectivity index (χ0n) is 13.9. The number of hydrogen-bond donors (Lipinski definition) is 2. The third-order valence-corrected chi connectivity index (χ3v) is 4.33. The van der Waals surface area contributed by atoms with Gasteiger partial charge in [0.15, 0.2) is 10.4 Å². The molecule has 2 aromatic heterocycles. The number of amides is 1. The molecule has 0 aliphatic carbocycles. The van der Waals surface area contributed by atoms with Crippen LogP contribution >= 0.6 is 27.5 Å². The minimum atomic E-state index is -0.630. The standard InChI is InChI=1S/C17H15BrClN3O5/c18-14-4-3-13(27-14)17(25)20-8-16(24)26-9-15-21-11-2-1-10(19)7-12(11)22(15)5-6-23/h1-4,7,23H,5-6,8-9H2,(H,20,25). The predicted molar refractivity (Wildman–Crippen MR) is 100 cm³/mol. The Morgan fingerprint density at radius 3 is 2.85 bits per heavy atom. The molecule has 3 rings (SSSR count). The predicted octanol–water partition coefficient (Wildman–Crippen LogP) is 2.51. The lowest BCUT2D eigenvalue weighted by Crippen LogP contribution is -2.30. The molecule has 10 heteroatoms. The van der Waals surface area contributed by atoms with Crippen LogP contribution in [0.1, 0.15) is 16.4 Å². The minimum Gasteiger partial charge on any atom is -0.456 e. The molecule has 1 aromatic carbocycles. The molecule has 1 amide bonds. The first-order chi connectivity index (χ1) is 13.0. The quantitative estimate of drug-likeness (QED) is 0.529. The van der Waals surface area contributed by atoms with Gasteiger partial charge >= 0.3 is 5.97 Å². The second-order valence-electron chi connectivity index (χ2n) is 5.48. The van der Waals surface area contributed by atoms with E-state index in [1.165, 1.54) is 6.07 Å². The van der Waals surface area contributed by atoms with Gasteiger partial charge in [0, 0.05) is 11.6 Å². The third-order valence-electron chi connectivity index (χ3n) is 3.67. The smallest absolute Gasteiger partial charge is 0.325 e. The highest BCUT2D eigenvalue weighted by Gasteiger charge is 2.15. The number of ether oxygens (including phenoxy) is 1. The van der Waals surface area contributed by atoms with Crippen LogP contribution in [0.3, 0.4) is 0 Å². The van der Waals surface area contributed by atoms with Crippen molar-refractivity contribution in [3.05, 3.63) is 51.6 Å². The van der Waals surface area contributed by atoms with Gasteiger partial charge in [0.25, 0.3) is 5.91 Å². The van der Waals surface area contributed by atoms with Gasteiger partial charge in [0.2, 0.25) is 0 Å². The number of hydrogen-bond acceptors (Lipinski definition) is 6. The average Bonchev–Trinajstić information content (AvgIpc) is 3.22. The fraction of sp³-hybridized carbons (Fsp3) is 0.235. The minimum absolute atomic E-state index is 0.0799. The van der Waals surface area contributed by atoms with Crippen molar-refractivity contribution in [1.29, 1.82) is 0 Å². The Kier molecular flexibility index (Phi) is 6.15. The topological polar surface area (TPSA) is 107 Å². The number of benzene rings is 1. The molecule has 3 aromatic rings. The Morgan fingerprint density at radius 1 is 1.33 bits per heavy atom. The second-order valence-corrected chi connectivity index (χ2v) is 6.70. The number of fused-ring (bicyclic) bond motifs is 1. The van der Waals surface area contributed by atoms with Crippen molar-refractivity contribution in [1.82, 2.24) is 14.9 Å². The lowest BCUT2D eigenvalue weighted by molar-refractivity contribution is -0.144. The van der Waals surface area contributed by atoms with Gasteiger partial charge in [-0.2, -0.15) is 0 Å². The Bertz CT molecular complexity index is 984. The van der Waals surface area contributed by atoms with Crippen molar-refractivity contribution in [2.24, 2.45) is 0 Å². The highest BCUT2D eigenvalue weighted by molar-refractivity contribution is 9.10. The fourth-order valence-corrected chi connectivity index (χ4v) is 2.95. The summed E-state index contributed by atoms with van der Waals surface area (Å²) in [6.07, 6.45) is 0. The molecule has 0 radical (unpaired) electrons. The molecule has 142 valence electrons. The largest absolute Gasteiger partial charge is 0.456 e. The van der Waals surface area contributed by atoms with Gasteiger partial charge in [-0.3, -0.25) is 9.59 Å². The van der Waals surface area contributed by atoms with E-state index in [1.807, 2.05) is 0 Å². The maximum atomic E-state index is 11.9. The van der Waals surface area contributed by atoms with Crippen LogP contribution in [0.25, 0.3) is 11.0 Å². The fourth-order valence-electron chi connectivity index (χ4n) is 2.48. The molecule has 0 saturated carbocycles. The molecule has 0 unspecified atom stereocenters. The van der Waals surface area contributed by atoms with E-state index >= 15 is 0 Å². The molecule has 0 bridgehead atoms. The van der Waals surface area contributed by atoms with E-state index in [9.17, 15) is 14.7 Å². The van der Waals surface area contributed by atoms with Crippen molar-refractivity contribution in [2.75, 3.05) is 13.2 Å². The van der Waals surface area contributed by atoms with E-state index in [0.717, 1.165) is 5.52 Å². The summed E-state index contributed by atoms with van der Waals surface area (Å²) in [5.74, 6) is -0.610. The second kappa shape index (κ2) is 8.55. The number of nitrogens with one attached hydrogen (secondary N) is 1. The number of esters is 1. The van der Waals surface area contributed by atoms with Gasteiger partial charge in [-0.05, 0) is 46.3 Å². The number of furan rings is 1. The van der Waals surface area contributed by atoms with Crippen LogP contribution in [0.2, 0.25) is 5.02 Å². The third kappa shape index (κ3) is 4.68. The van der Waals surface area contributed by atoms with Gasteiger partial charge in [-0.1, -0.05) is 11.6 Å². The molecule has 2 heterocycles. The Morgan fingerprint density at radius 2 is 2.15 bits per heavy atom. The zero-order valence-corrected chi connectivity index (χ0v) is 16.3. The molecular formula is C17H15BrClN3O5. The summed E-state index contributed by atoms with van der Waals surface area (Å²) in [6, 6.07) is 8.24. The number of rotatable bonds is 7. The molecular weight excluding hydrogens is 442 g/mol. The Balaban J connectivity index is 1.61. The van der Waals surface area contributed by atoms with Crippen LogP contribution in [0.15, 0.2) is 39.4 Å². The molecule has 0 fully saturated rings. The summed E-state index contributed by atoms with van der Waals surface area (Å²) in [7, 11) is 0. The van der Waals surface area contributed by atoms with E-state index in [-0.39, 0.29) is 32.1 Å². The molecule has 27 heavy (non-hydrogen) atoms. The van der Waals surface area contributed by atoms with Crippen molar-refractivity contribution < 1.29 is 23.8 Å². The highest BCUT2D eigenvalue weighted by Crippen LogP contribution is 2.21. The van der Waals surface area contributed by atoms with Gasteiger partial charge in [0.05, 0.1) is 17.6 Å². The number of aliphatic hydroxyl groups is 1. The molecule has 2 N–H and O–H groups in total. The van der Waals surface area contributed by atoms with Crippen LogP contribution in [0, 0.1) is 0 Å². The number of aliphatic hydroxyl groups excluding tert-OH is 1. The Labute approximate surface area is 167 Å². The molecule has 0 saturated heterocycles. The molecule has 0 aliphatic rings. The van der Waals surface area contributed by atoms with Crippen LogP contribution in [0.5, 0.6) is 0 Å². The SMILES string of the molecule is O=C(CNC(=O)c1ccc(Br)o1)OCc1nc2ccc(Cl)cc2n1CCO. The number of nitrogens with zero attached hydrogens (tertiary/aromatic N) is 2. The molecule has 0 spiro atoms. The lowest BCUT2D eigenvalue weighted by atomic mass is 10.3. The van der Waals surface area contributed by atoms with Gasteiger partial charge in [-0.15, -0.1) is 0 Å². The molecule has 0 aliphatic heterocycles. The summed E-state index contributed by atoms with van der Waals surface area (Å²) < 4.78 is 12.4. The van der Waals surface area contributed by atoms with Crippen LogP contribution in [-0.2, 0) is 22.7 Å². The van der Waals surface area contributed by atoms with E-state index in [0.29, 0.717) is 21.0 Å². The first kappa shape index (κ1) is 19.4. The first-order valence-corrected chi connectivity index (χ1v) is 9.09. The van der Waals surface area contributed by atoms with Crippen molar-refractivity contribution >= 4 is 50.4 Å². The lowest BCUT2D eigenvalue weighted by Gasteiger charge is -2.09. The van der Waals surface area contributed by atoms with Crippen molar-refractivity contribution in [3.63, 3.8) is 0 Å². The van der Waals surface area contributed by atoms with Crippen molar-refractivity contribution in [3.8, 4) is 0 Å². The summed E-state index contributed by atoms with van der Waals surface area (Å²) in [5.41, 5.74) is 1.41.